The molecule has 1 fully saturated rings. The number of rotatable bonds is 4. The van der Waals surface area contributed by atoms with Gasteiger partial charge >= 0.3 is 0 Å². The minimum absolute atomic E-state index is 0.441. The molecule has 2 nitrogen and oxygen atoms in total. The van der Waals surface area contributed by atoms with Crippen LogP contribution in [0.15, 0.2) is 24.3 Å². The summed E-state index contributed by atoms with van der Waals surface area (Å²) in [5.74, 6) is -1.04. The lowest BCUT2D eigenvalue weighted by atomic mass is 10.2. The Hall–Kier alpha value is -1.26. The van der Waals surface area contributed by atoms with Gasteiger partial charge in [0.25, 0.3) is 0 Å². The summed E-state index contributed by atoms with van der Waals surface area (Å²) in [4.78, 5) is 2.38. The van der Waals surface area contributed by atoms with Gasteiger partial charge in [0, 0.05) is 44.4 Å². The molecule has 1 heterocycles. The molecule has 0 unspecified atom stereocenters. The molecular formula is C14H18F2N2. The third-order valence-corrected chi connectivity index (χ3v) is 3.08. The zero-order valence-electron chi connectivity index (χ0n) is 10.3. The molecule has 1 aromatic rings. The standard InChI is InChI=1S/C14H18F2N2/c15-13-5-4-12(14(16)11-13)3-1-2-8-18-9-6-17-7-10-18/h1,3-5,11,17H,2,6-10H2/b3-1+. The smallest absolute Gasteiger partial charge is 0.133 e. The summed E-state index contributed by atoms with van der Waals surface area (Å²) in [5, 5.41) is 3.30. The van der Waals surface area contributed by atoms with E-state index in [1.807, 2.05) is 6.08 Å². The SMILES string of the molecule is Fc1ccc(/C=C/CCN2CCNCC2)c(F)c1. The number of benzene rings is 1. The van der Waals surface area contributed by atoms with Gasteiger partial charge in [0.05, 0.1) is 0 Å². The van der Waals surface area contributed by atoms with Crippen molar-refractivity contribution in [3.8, 4) is 0 Å². The van der Waals surface area contributed by atoms with Crippen molar-refractivity contribution in [3.63, 3.8) is 0 Å². The van der Waals surface area contributed by atoms with Crippen LogP contribution < -0.4 is 5.32 Å². The lowest BCUT2D eigenvalue weighted by Gasteiger charge is -2.26. The zero-order chi connectivity index (χ0) is 12.8. The highest BCUT2D eigenvalue weighted by molar-refractivity contribution is 5.49. The van der Waals surface area contributed by atoms with E-state index in [0.717, 1.165) is 45.2 Å². The van der Waals surface area contributed by atoms with Crippen molar-refractivity contribution >= 4 is 6.08 Å². The first-order valence-electron chi connectivity index (χ1n) is 6.30. The van der Waals surface area contributed by atoms with E-state index in [0.29, 0.717) is 5.56 Å². The molecule has 1 saturated heterocycles. The summed E-state index contributed by atoms with van der Waals surface area (Å²) < 4.78 is 26.0. The second-order valence-electron chi connectivity index (χ2n) is 4.45. The van der Waals surface area contributed by atoms with Crippen LogP contribution in [0.2, 0.25) is 0 Å². The first-order chi connectivity index (χ1) is 8.75. The number of nitrogens with one attached hydrogen (secondary N) is 1. The Balaban J connectivity index is 1.80. The highest BCUT2D eigenvalue weighted by Crippen LogP contribution is 2.11. The van der Waals surface area contributed by atoms with Gasteiger partial charge in [0.15, 0.2) is 0 Å². The van der Waals surface area contributed by atoms with Crippen LogP contribution >= 0.6 is 0 Å². The third kappa shape index (κ3) is 3.89. The normalized spacial score (nSPS) is 17.4. The molecule has 0 atom stereocenters. The Morgan fingerprint density at radius 1 is 1.22 bits per heavy atom. The summed E-state index contributed by atoms with van der Waals surface area (Å²) >= 11 is 0. The number of piperazine rings is 1. The fourth-order valence-electron chi connectivity index (χ4n) is 2.04. The van der Waals surface area contributed by atoms with Gasteiger partial charge in [0.1, 0.15) is 11.6 Å². The summed E-state index contributed by atoms with van der Waals surface area (Å²) in [6.45, 7) is 5.20. The number of halogens is 2. The van der Waals surface area contributed by atoms with Crippen LogP contribution in [-0.2, 0) is 0 Å². The Labute approximate surface area is 106 Å². The molecule has 18 heavy (non-hydrogen) atoms. The maximum absolute atomic E-state index is 13.3. The lowest BCUT2D eigenvalue weighted by Crippen LogP contribution is -2.43. The average Bonchev–Trinajstić information content (AvgIpc) is 2.38. The van der Waals surface area contributed by atoms with Crippen molar-refractivity contribution in [2.75, 3.05) is 32.7 Å². The van der Waals surface area contributed by atoms with Gasteiger partial charge in [-0.25, -0.2) is 8.78 Å². The van der Waals surface area contributed by atoms with Crippen LogP contribution in [0.4, 0.5) is 8.78 Å². The molecule has 4 heteroatoms. The molecule has 0 bridgehead atoms. The van der Waals surface area contributed by atoms with Gasteiger partial charge in [-0.05, 0) is 18.6 Å². The number of hydrogen-bond acceptors (Lipinski definition) is 2. The molecule has 1 aliphatic rings. The van der Waals surface area contributed by atoms with Crippen molar-refractivity contribution in [1.82, 2.24) is 10.2 Å². The molecule has 0 radical (unpaired) electrons. The third-order valence-electron chi connectivity index (χ3n) is 3.08. The zero-order valence-corrected chi connectivity index (χ0v) is 10.3. The van der Waals surface area contributed by atoms with Crippen molar-refractivity contribution in [3.05, 3.63) is 41.5 Å². The summed E-state index contributed by atoms with van der Waals surface area (Å²) in [6, 6.07) is 3.65. The molecule has 0 aliphatic carbocycles. The quantitative estimate of drug-likeness (QED) is 0.884. The highest BCUT2D eigenvalue weighted by Gasteiger charge is 2.07. The van der Waals surface area contributed by atoms with Crippen LogP contribution in [-0.4, -0.2) is 37.6 Å². The van der Waals surface area contributed by atoms with Gasteiger partial charge in [-0.2, -0.15) is 0 Å². The van der Waals surface area contributed by atoms with Crippen LogP contribution in [0.1, 0.15) is 12.0 Å². The fraction of sp³-hybridized carbons (Fsp3) is 0.429. The monoisotopic (exact) mass is 252 g/mol. The van der Waals surface area contributed by atoms with Gasteiger partial charge < -0.3 is 10.2 Å². The largest absolute Gasteiger partial charge is 0.314 e. The molecule has 98 valence electrons. The molecule has 0 saturated carbocycles. The van der Waals surface area contributed by atoms with Crippen LogP contribution in [0.3, 0.4) is 0 Å². The Bertz CT molecular complexity index is 412. The predicted molar refractivity (Wildman–Crippen MR) is 69.3 cm³/mol. The molecule has 1 aliphatic heterocycles. The maximum Gasteiger partial charge on any atom is 0.133 e. The molecular weight excluding hydrogens is 234 g/mol. The van der Waals surface area contributed by atoms with E-state index in [1.54, 1.807) is 6.08 Å². The van der Waals surface area contributed by atoms with E-state index in [-0.39, 0.29) is 0 Å². The van der Waals surface area contributed by atoms with E-state index in [1.165, 1.54) is 12.1 Å². The van der Waals surface area contributed by atoms with Gasteiger partial charge in [-0.15, -0.1) is 0 Å². The van der Waals surface area contributed by atoms with Crippen LogP contribution in [0.5, 0.6) is 0 Å². The van der Waals surface area contributed by atoms with Gasteiger partial charge in [0.2, 0.25) is 0 Å². The van der Waals surface area contributed by atoms with Crippen molar-refractivity contribution in [1.29, 1.82) is 0 Å². The van der Waals surface area contributed by atoms with Crippen LogP contribution in [0.25, 0.3) is 6.08 Å². The summed E-state index contributed by atoms with van der Waals surface area (Å²) in [7, 11) is 0. The lowest BCUT2D eigenvalue weighted by molar-refractivity contribution is 0.245. The van der Waals surface area contributed by atoms with E-state index in [9.17, 15) is 8.78 Å². The predicted octanol–water partition coefficient (Wildman–Crippen LogP) is 2.27. The van der Waals surface area contributed by atoms with Crippen molar-refractivity contribution in [2.45, 2.75) is 6.42 Å². The van der Waals surface area contributed by atoms with E-state index in [2.05, 4.69) is 10.2 Å². The Kier molecular flexibility index (Phi) is 4.84. The molecule has 1 aromatic carbocycles. The van der Waals surface area contributed by atoms with E-state index >= 15 is 0 Å². The average molecular weight is 252 g/mol. The minimum atomic E-state index is -0.537. The number of hydrogen-bond donors (Lipinski definition) is 1. The Morgan fingerprint density at radius 2 is 2.00 bits per heavy atom. The molecule has 0 spiro atoms. The Morgan fingerprint density at radius 3 is 2.72 bits per heavy atom. The minimum Gasteiger partial charge on any atom is -0.314 e. The molecule has 0 aromatic heterocycles. The fourth-order valence-corrected chi connectivity index (χ4v) is 2.04. The van der Waals surface area contributed by atoms with Crippen molar-refractivity contribution in [2.24, 2.45) is 0 Å². The van der Waals surface area contributed by atoms with Gasteiger partial charge in [-0.3, -0.25) is 0 Å². The first kappa shape index (κ1) is 13.2. The van der Waals surface area contributed by atoms with E-state index < -0.39 is 11.6 Å². The number of nitrogens with zero attached hydrogens (tertiary/aromatic N) is 1. The second kappa shape index (κ2) is 6.61. The topological polar surface area (TPSA) is 15.3 Å². The summed E-state index contributed by atoms with van der Waals surface area (Å²) in [5.41, 5.74) is 0.441. The summed E-state index contributed by atoms with van der Waals surface area (Å²) in [6.07, 6.45) is 4.55. The van der Waals surface area contributed by atoms with Crippen molar-refractivity contribution < 1.29 is 8.78 Å². The molecule has 1 N–H and O–H groups in total. The molecule has 2 rings (SSSR count). The first-order valence-corrected chi connectivity index (χ1v) is 6.30. The second-order valence-corrected chi connectivity index (χ2v) is 4.45. The highest BCUT2D eigenvalue weighted by atomic mass is 19.1. The van der Waals surface area contributed by atoms with Gasteiger partial charge in [-0.1, -0.05) is 12.2 Å². The van der Waals surface area contributed by atoms with Crippen LogP contribution in [0, 0.1) is 11.6 Å². The van der Waals surface area contributed by atoms with E-state index in [4.69, 9.17) is 0 Å². The molecule has 0 amide bonds. The maximum atomic E-state index is 13.3.